The van der Waals surface area contributed by atoms with Crippen LogP contribution in [0.15, 0.2) is 24.3 Å². The van der Waals surface area contributed by atoms with Crippen LogP contribution < -0.4 is 15.4 Å². The maximum Gasteiger partial charge on any atom is 0.224 e. The number of nitrogens with one attached hydrogen (secondary N) is 2. The van der Waals surface area contributed by atoms with Crippen LogP contribution in [-0.2, 0) is 16.0 Å². The number of rotatable bonds is 8. The molecule has 1 aromatic carbocycles. The van der Waals surface area contributed by atoms with Crippen molar-refractivity contribution in [2.24, 2.45) is 5.41 Å². The van der Waals surface area contributed by atoms with Gasteiger partial charge in [-0.3, -0.25) is 4.79 Å². The van der Waals surface area contributed by atoms with Gasteiger partial charge in [-0.2, -0.15) is 0 Å². The lowest BCUT2D eigenvalue weighted by molar-refractivity contribution is -0.121. The Bertz CT molecular complexity index is 520. The van der Waals surface area contributed by atoms with Gasteiger partial charge in [0.1, 0.15) is 5.75 Å². The molecule has 0 saturated carbocycles. The molecule has 1 aliphatic heterocycles. The quantitative estimate of drug-likeness (QED) is 0.765. The standard InChI is InChI=1S/C19H30N2O3/c1-15(2)24-17-6-4-5-16(11-17)12-18(22)21-13-19(14-23-3)7-9-20-10-8-19/h4-6,11,15,20H,7-10,12-14H2,1-3H3,(H,21,22). The third-order valence-electron chi connectivity index (χ3n) is 4.41. The van der Waals surface area contributed by atoms with Crippen molar-refractivity contribution in [2.75, 3.05) is 33.4 Å². The number of hydrogen-bond acceptors (Lipinski definition) is 4. The molecule has 0 unspecified atom stereocenters. The molecule has 1 aliphatic rings. The van der Waals surface area contributed by atoms with E-state index in [1.807, 2.05) is 38.1 Å². The van der Waals surface area contributed by atoms with Gasteiger partial charge in [-0.05, 0) is 57.5 Å². The SMILES string of the molecule is COCC1(CNC(=O)Cc2cccc(OC(C)C)c2)CCNCC1. The second-order valence-electron chi connectivity index (χ2n) is 6.95. The summed E-state index contributed by atoms with van der Waals surface area (Å²) in [6, 6.07) is 7.75. The van der Waals surface area contributed by atoms with Gasteiger partial charge in [-0.15, -0.1) is 0 Å². The lowest BCUT2D eigenvalue weighted by atomic mass is 9.79. The highest BCUT2D eigenvalue weighted by Crippen LogP contribution is 2.28. The number of ether oxygens (including phenoxy) is 2. The van der Waals surface area contributed by atoms with Gasteiger partial charge in [0.25, 0.3) is 0 Å². The fourth-order valence-electron chi connectivity index (χ4n) is 3.17. The van der Waals surface area contributed by atoms with Crippen LogP contribution in [0.5, 0.6) is 5.75 Å². The normalized spacial score (nSPS) is 16.8. The summed E-state index contributed by atoms with van der Waals surface area (Å²) in [5.74, 6) is 0.857. The third-order valence-corrected chi connectivity index (χ3v) is 4.41. The zero-order valence-corrected chi connectivity index (χ0v) is 15.1. The summed E-state index contributed by atoms with van der Waals surface area (Å²) >= 11 is 0. The van der Waals surface area contributed by atoms with Crippen LogP contribution in [0.1, 0.15) is 32.3 Å². The molecule has 0 atom stereocenters. The highest BCUT2D eigenvalue weighted by molar-refractivity contribution is 5.78. The molecule has 1 heterocycles. The molecule has 5 nitrogen and oxygen atoms in total. The Balaban J connectivity index is 1.88. The second kappa shape index (κ2) is 9.04. The van der Waals surface area contributed by atoms with Gasteiger partial charge in [-0.1, -0.05) is 12.1 Å². The monoisotopic (exact) mass is 334 g/mol. The van der Waals surface area contributed by atoms with Crippen molar-refractivity contribution in [1.82, 2.24) is 10.6 Å². The number of piperidine rings is 1. The maximum atomic E-state index is 12.3. The Morgan fingerprint density at radius 1 is 1.33 bits per heavy atom. The molecule has 2 rings (SSSR count). The first-order valence-corrected chi connectivity index (χ1v) is 8.75. The summed E-state index contributed by atoms with van der Waals surface area (Å²) in [7, 11) is 1.73. The van der Waals surface area contributed by atoms with Gasteiger partial charge >= 0.3 is 0 Å². The average molecular weight is 334 g/mol. The number of carbonyl (C=O) groups is 1. The molecule has 1 aromatic rings. The molecule has 0 radical (unpaired) electrons. The molecule has 1 amide bonds. The molecule has 134 valence electrons. The smallest absolute Gasteiger partial charge is 0.224 e. The number of benzene rings is 1. The predicted molar refractivity (Wildman–Crippen MR) is 95.3 cm³/mol. The van der Waals surface area contributed by atoms with Crippen molar-refractivity contribution in [3.63, 3.8) is 0 Å². The summed E-state index contributed by atoms with van der Waals surface area (Å²) < 4.78 is 11.1. The predicted octanol–water partition coefficient (Wildman–Crippen LogP) is 2.15. The van der Waals surface area contributed by atoms with Crippen molar-refractivity contribution < 1.29 is 14.3 Å². The minimum absolute atomic E-state index is 0.0470. The zero-order valence-electron chi connectivity index (χ0n) is 15.1. The molecule has 0 bridgehead atoms. The van der Waals surface area contributed by atoms with Crippen molar-refractivity contribution in [2.45, 2.75) is 39.2 Å². The van der Waals surface area contributed by atoms with Gasteiger partial charge < -0.3 is 20.1 Å². The van der Waals surface area contributed by atoms with Crippen LogP contribution in [-0.4, -0.2) is 45.4 Å². The lowest BCUT2D eigenvalue weighted by Gasteiger charge is -2.37. The van der Waals surface area contributed by atoms with E-state index in [1.165, 1.54) is 0 Å². The van der Waals surface area contributed by atoms with E-state index in [9.17, 15) is 4.79 Å². The van der Waals surface area contributed by atoms with Crippen LogP contribution in [0.4, 0.5) is 0 Å². The summed E-state index contributed by atoms with van der Waals surface area (Å²) in [6.45, 7) is 7.30. The van der Waals surface area contributed by atoms with Crippen LogP contribution >= 0.6 is 0 Å². The first kappa shape index (κ1) is 18.7. The first-order valence-electron chi connectivity index (χ1n) is 8.75. The molecule has 0 aliphatic carbocycles. The lowest BCUT2D eigenvalue weighted by Crippen LogP contribution is -2.47. The largest absolute Gasteiger partial charge is 0.491 e. The molecule has 1 saturated heterocycles. The van der Waals surface area contributed by atoms with Crippen LogP contribution in [0.25, 0.3) is 0 Å². The number of carbonyl (C=O) groups excluding carboxylic acids is 1. The highest BCUT2D eigenvalue weighted by Gasteiger charge is 2.32. The van der Waals surface area contributed by atoms with E-state index in [0.717, 1.165) is 37.2 Å². The Morgan fingerprint density at radius 3 is 2.75 bits per heavy atom. The minimum atomic E-state index is 0.0470. The molecular formula is C19H30N2O3. The van der Waals surface area contributed by atoms with E-state index in [1.54, 1.807) is 7.11 Å². The first-order chi connectivity index (χ1) is 11.5. The van der Waals surface area contributed by atoms with Gasteiger partial charge in [0, 0.05) is 19.1 Å². The minimum Gasteiger partial charge on any atom is -0.491 e. The Morgan fingerprint density at radius 2 is 2.08 bits per heavy atom. The second-order valence-corrected chi connectivity index (χ2v) is 6.95. The van der Waals surface area contributed by atoms with E-state index in [0.29, 0.717) is 19.6 Å². The van der Waals surface area contributed by atoms with Crippen LogP contribution in [0.3, 0.4) is 0 Å². The van der Waals surface area contributed by atoms with Crippen molar-refractivity contribution in [1.29, 1.82) is 0 Å². The molecular weight excluding hydrogens is 304 g/mol. The van der Waals surface area contributed by atoms with Crippen molar-refractivity contribution >= 4 is 5.91 Å². The van der Waals surface area contributed by atoms with E-state index in [4.69, 9.17) is 9.47 Å². The average Bonchev–Trinajstić information content (AvgIpc) is 2.54. The van der Waals surface area contributed by atoms with E-state index >= 15 is 0 Å². The molecule has 2 N–H and O–H groups in total. The Labute approximate surface area is 145 Å². The molecule has 0 aromatic heterocycles. The third kappa shape index (κ3) is 5.80. The van der Waals surface area contributed by atoms with Gasteiger partial charge in [0.15, 0.2) is 0 Å². The van der Waals surface area contributed by atoms with Gasteiger partial charge in [0.2, 0.25) is 5.91 Å². The molecule has 5 heteroatoms. The Hall–Kier alpha value is -1.59. The number of hydrogen-bond donors (Lipinski definition) is 2. The zero-order chi connectivity index (χ0) is 17.4. The number of amides is 1. The van der Waals surface area contributed by atoms with Crippen LogP contribution in [0.2, 0.25) is 0 Å². The maximum absolute atomic E-state index is 12.3. The van der Waals surface area contributed by atoms with Gasteiger partial charge in [-0.25, -0.2) is 0 Å². The van der Waals surface area contributed by atoms with E-state index in [-0.39, 0.29) is 17.4 Å². The fraction of sp³-hybridized carbons (Fsp3) is 0.632. The highest BCUT2D eigenvalue weighted by atomic mass is 16.5. The van der Waals surface area contributed by atoms with E-state index in [2.05, 4.69) is 10.6 Å². The summed E-state index contributed by atoms with van der Waals surface area (Å²) in [5.41, 5.74) is 1.02. The van der Waals surface area contributed by atoms with E-state index < -0.39 is 0 Å². The summed E-state index contributed by atoms with van der Waals surface area (Å²) in [5, 5.41) is 6.46. The van der Waals surface area contributed by atoms with Crippen molar-refractivity contribution in [3.05, 3.63) is 29.8 Å². The Kier molecular flexibility index (Phi) is 7.06. The molecule has 1 fully saturated rings. The van der Waals surface area contributed by atoms with Crippen LogP contribution in [0, 0.1) is 5.41 Å². The topological polar surface area (TPSA) is 59.6 Å². The molecule has 24 heavy (non-hydrogen) atoms. The summed E-state index contributed by atoms with van der Waals surface area (Å²) in [6.07, 6.45) is 2.55. The number of methoxy groups -OCH3 is 1. The summed E-state index contributed by atoms with van der Waals surface area (Å²) in [4.78, 5) is 12.3. The molecule has 0 spiro atoms. The van der Waals surface area contributed by atoms with Crippen molar-refractivity contribution in [3.8, 4) is 5.75 Å². The fourth-order valence-corrected chi connectivity index (χ4v) is 3.17. The van der Waals surface area contributed by atoms with Gasteiger partial charge in [0.05, 0.1) is 19.1 Å².